The second kappa shape index (κ2) is 6.93. The molecule has 2 N–H and O–H groups in total. The van der Waals surface area contributed by atoms with E-state index in [9.17, 15) is 19.5 Å². The molecule has 1 fully saturated rings. The van der Waals surface area contributed by atoms with Crippen molar-refractivity contribution in [3.63, 3.8) is 0 Å². The highest BCUT2D eigenvalue weighted by atomic mass is 16.4. The molecule has 1 amide bonds. The lowest BCUT2D eigenvalue weighted by molar-refractivity contribution is -0.144. The molecule has 6 heteroatoms. The molecule has 0 saturated carbocycles. The SMILES string of the molecule is C[C@@H]1[C@H](C(=O)O)CCCN1C(=O)c1ccc(C(=O)c2cc[nH]c2)cc1. The number of carboxylic acid groups (broad SMARTS) is 1. The number of likely N-dealkylation sites (tertiary alicyclic amines) is 1. The largest absolute Gasteiger partial charge is 0.481 e. The minimum absolute atomic E-state index is 0.113. The standard InChI is InChI=1S/C19H20N2O4/c1-12-16(19(24)25)3-2-10-21(12)18(23)14-6-4-13(5-7-14)17(22)15-8-9-20-11-15/h4-9,11-12,16,20H,2-3,10H2,1H3,(H,24,25)/t12-,16-/m1/s1. The molecule has 0 bridgehead atoms. The molecule has 2 atom stereocenters. The maximum Gasteiger partial charge on any atom is 0.308 e. The van der Waals surface area contributed by atoms with Gasteiger partial charge in [0.1, 0.15) is 0 Å². The highest BCUT2D eigenvalue weighted by Gasteiger charge is 2.35. The van der Waals surface area contributed by atoms with Crippen LogP contribution in [0, 0.1) is 5.92 Å². The molecule has 1 aliphatic heterocycles. The van der Waals surface area contributed by atoms with E-state index in [4.69, 9.17) is 0 Å². The number of aromatic nitrogens is 1. The molecule has 0 unspecified atom stereocenters. The van der Waals surface area contributed by atoms with Crippen molar-refractivity contribution in [3.8, 4) is 0 Å². The van der Waals surface area contributed by atoms with Crippen LogP contribution in [0.25, 0.3) is 0 Å². The van der Waals surface area contributed by atoms with E-state index in [1.54, 1.807) is 54.5 Å². The fourth-order valence-corrected chi connectivity index (χ4v) is 3.32. The van der Waals surface area contributed by atoms with Gasteiger partial charge in [-0.25, -0.2) is 0 Å². The first-order chi connectivity index (χ1) is 12.0. The number of carbonyl (C=O) groups is 3. The van der Waals surface area contributed by atoms with E-state index in [0.29, 0.717) is 36.1 Å². The summed E-state index contributed by atoms with van der Waals surface area (Å²) in [4.78, 5) is 40.8. The van der Waals surface area contributed by atoms with Crippen molar-refractivity contribution < 1.29 is 19.5 Å². The average molecular weight is 340 g/mol. The second-order valence-electron chi connectivity index (χ2n) is 6.33. The van der Waals surface area contributed by atoms with Crippen LogP contribution in [0.5, 0.6) is 0 Å². The van der Waals surface area contributed by atoms with E-state index >= 15 is 0 Å². The van der Waals surface area contributed by atoms with Crippen LogP contribution in [-0.2, 0) is 4.79 Å². The topological polar surface area (TPSA) is 90.5 Å². The van der Waals surface area contributed by atoms with Gasteiger partial charge in [-0.1, -0.05) is 12.1 Å². The van der Waals surface area contributed by atoms with Gasteiger partial charge in [0, 0.05) is 41.7 Å². The third-order valence-electron chi connectivity index (χ3n) is 4.82. The van der Waals surface area contributed by atoms with E-state index in [2.05, 4.69) is 4.98 Å². The van der Waals surface area contributed by atoms with Gasteiger partial charge in [-0.05, 0) is 38.0 Å². The zero-order chi connectivity index (χ0) is 18.0. The summed E-state index contributed by atoms with van der Waals surface area (Å²) in [5, 5.41) is 9.29. The Kier molecular flexibility index (Phi) is 4.70. The number of carboxylic acids is 1. The first-order valence-electron chi connectivity index (χ1n) is 8.30. The number of hydrogen-bond donors (Lipinski definition) is 2. The maximum absolute atomic E-state index is 12.7. The molecule has 25 heavy (non-hydrogen) atoms. The lowest BCUT2D eigenvalue weighted by Crippen LogP contribution is -2.49. The number of hydrogen-bond acceptors (Lipinski definition) is 3. The number of aliphatic carboxylic acids is 1. The molecule has 1 saturated heterocycles. The van der Waals surface area contributed by atoms with Crippen molar-refractivity contribution in [2.75, 3.05) is 6.54 Å². The van der Waals surface area contributed by atoms with Crippen molar-refractivity contribution >= 4 is 17.7 Å². The molecule has 1 aromatic heterocycles. The van der Waals surface area contributed by atoms with E-state index in [1.165, 1.54) is 0 Å². The Hall–Kier alpha value is -2.89. The van der Waals surface area contributed by atoms with Crippen LogP contribution in [-0.4, -0.2) is 45.2 Å². The Morgan fingerprint density at radius 2 is 1.76 bits per heavy atom. The van der Waals surface area contributed by atoms with Crippen LogP contribution in [0.15, 0.2) is 42.7 Å². The first kappa shape index (κ1) is 17.0. The molecule has 3 rings (SSSR count). The van der Waals surface area contributed by atoms with Gasteiger partial charge in [-0.2, -0.15) is 0 Å². The zero-order valence-corrected chi connectivity index (χ0v) is 13.9. The number of nitrogens with one attached hydrogen (secondary N) is 1. The third kappa shape index (κ3) is 3.33. The summed E-state index contributed by atoms with van der Waals surface area (Å²) in [6.45, 7) is 2.33. The number of carbonyl (C=O) groups excluding carboxylic acids is 2. The zero-order valence-electron chi connectivity index (χ0n) is 13.9. The van der Waals surface area contributed by atoms with Crippen molar-refractivity contribution in [1.29, 1.82) is 0 Å². The first-order valence-corrected chi connectivity index (χ1v) is 8.30. The molecule has 0 radical (unpaired) electrons. The Bertz CT molecular complexity index is 780. The number of aromatic amines is 1. The summed E-state index contributed by atoms with van der Waals surface area (Å²) in [5.74, 6) is -1.71. The Labute approximate surface area is 145 Å². The highest BCUT2D eigenvalue weighted by molar-refractivity contribution is 6.09. The van der Waals surface area contributed by atoms with Gasteiger partial charge in [0.25, 0.3) is 5.91 Å². The number of benzene rings is 1. The number of H-pyrrole nitrogens is 1. The van der Waals surface area contributed by atoms with Crippen LogP contribution in [0.2, 0.25) is 0 Å². The summed E-state index contributed by atoms with van der Waals surface area (Å²) in [6, 6.07) is 7.86. The Morgan fingerprint density at radius 1 is 1.08 bits per heavy atom. The molecular weight excluding hydrogens is 320 g/mol. The summed E-state index contributed by atoms with van der Waals surface area (Å²) in [5.41, 5.74) is 1.53. The Morgan fingerprint density at radius 3 is 2.36 bits per heavy atom. The number of nitrogens with zero attached hydrogens (tertiary/aromatic N) is 1. The van der Waals surface area contributed by atoms with E-state index < -0.39 is 11.9 Å². The van der Waals surface area contributed by atoms with Crippen molar-refractivity contribution in [1.82, 2.24) is 9.88 Å². The van der Waals surface area contributed by atoms with Crippen LogP contribution in [0.4, 0.5) is 0 Å². The van der Waals surface area contributed by atoms with E-state index in [1.807, 2.05) is 0 Å². The van der Waals surface area contributed by atoms with Gasteiger partial charge in [-0.3, -0.25) is 14.4 Å². The lowest BCUT2D eigenvalue weighted by atomic mass is 9.89. The maximum atomic E-state index is 12.7. The van der Waals surface area contributed by atoms with Crippen LogP contribution in [0.3, 0.4) is 0 Å². The summed E-state index contributed by atoms with van der Waals surface area (Å²) in [7, 11) is 0. The predicted molar refractivity (Wildman–Crippen MR) is 91.5 cm³/mol. The van der Waals surface area contributed by atoms with Crippen LogP contribution < -0.4 is 0 Å². The second-order valence-corrected chi connectivity index (χ2v) is 6.33. The normalized spacial score (nSPS) is 20.3. The van der Waals surface area contributed by atoms with Crippen LogP contribution in [0.1, 0.15) is 46.0 Å². The van der Waals surface area contributed by atoms with E-state index in [-0.39, 0.29) is 17.7 Å². The Balaban J connectivity index is 1.76. The lowest BCUT2D eigenvalue weighted by Gasteiger charge is -2.37. The van der Waals surface area contributed by atoms with Crippen LogP contribution >= 0.6 is 0 Å². The fraction of sp³-hybridized carbons (Fsp3) is 0.316. The fourth-order valence-electron chi connectivity index (χ4n) is 3.32. The molecule has 2 heterocycles. The van der Waals surface area contributed by atoms with Crippen molar-refractivity contribution in [3.05, 3.63) is 59.4 Å². The average Bonchev–Trinajstić information content (AvgIpc) is 3.15. The molecule has 6 nitrogen and oxygen atoms in total. The van der Waals surface area contributed by atoms with Crippen molar-refractivity contribution in [2.45, 2.75) is 25.8 Å². The molecule has 1 aliphatic rings. The third-order valence-corrected chi connectivity index (χ3v) is 4.82. The van der Waals surface area contributed by atoms with Gasteiger partial charge < -0.3 is 15.0 Å². The highest BCUT2D eigenvalue weighted by Crippen LogP contribution is 2.25. The van der Waals surface area contributed by atoms with Gasteiger partial charge in [0.05, 0.1) is 5.92 Å². The molecule has 0 spiro atoms. The molecule has 1 aromatic carbocycles. The quantitative estimate of drug-likeness (QED) is 0.837. The molecule has 130 valence electrons. The van der Waals surface area contributed by atoms with Gasteiger partial charge >= 0.3 is 5.97 Å². The molecule has 0 aliphatic carbocycles. The minimum atomic E-state index is -0.863. The van der Waals surface area contributed by atoms with Gasteiger partial charge in [-0.15, -0.1) is 0 Å². The number of rotatable bonds is 4. The smallest absolute Gasteiger partial charge is 0.308 e. The van der Waals surface area contributed by atoms with Crippen molar-refractivity contribution in [2.24, 2.45) is 5.92 Å². The number of ketones is 1. The molecule has 2 aromatic rings. The van der Waals surface area contributed by atoms with Gasteiger partial charge in [0.15, 0.2) is 5.78 Å². The number of amides is 1. The summed E-state index contributed by atoms with van der Waals surface area (Å²) in [6.07, 6.45) is 4.58. The summed E-state index contributed by atoms with van der Waals surface area (Å²) >= 11 is 0. The summed E-state index contributed by atoms with van der Waals surface area (Å²) < 4.78 is 0. The number of piperidine rings is 1. The molecular formula is C19H20N2O4. The van der Waals surface area contributed by atoms with Gasteiger partial charge in [0.2, 0.25) is 0 Å². The predicted octanol–water partition coefficient (Wildman–Crippen LogP) is 2.57. The van der Waals surface area contributed by atoms with E-state index in [0.717, 1.165) is 0 Å². The monoisotopic (exact) mass is 340 g/mol. The minimum Gasteiger partial charge on any atom is -0.481 e.